The second-order valence-corrected chi connectivity index (χ2v) is 20.5. The lowest BCUT2D eigenvalue weighted by atomic mass is 9.97. The SMILES string of the molecule is O=C(O[C@H]1[C@@H](OC(=O)c2ccccc2)[C@@H](CO[C@H]2O[C@H](COCc3ccccc3)[C@H](OCc3ccccc3)[C@H](OCc3ccccc3)[C@H]2OCc2ccccc2)O[C@@H](Sc2ccccc2)[C@@H]1OC(=O)c1ccccc1)c1ccccc1. The smallest absolute Gasteiger partial charge is 0.338 e. The van der Waals surface area contributed by atoms with Gasteiger partial charge in [-0.15, -0.1) is 0 Å². The molecule has 2 aliphatic rings. The summed E-state index contributed by atoms with van der Waals surface area (Å²) < 4.78 is 67.9. The van der Waals surface area contributed by atoms with Gasteiger partial charge in [-0.2, -0.15) is 0 Å². The van der Waals surface area contributed by atoms with Crippen molar-refractivity contribution in [1.82, 2.24) is 0 Å². The summed E-state index contributed by atoms with van der Waals surface area (Å²) in [6, 6.07) is 73.9. The molecule has 414 valence electrons. The molecule has 0 aliphatic carbocycles. The van der Waals surface area contributed by atoms with Gasteiger partial charge in [-0.25, -0.2) is 14.4 Å². The number of hydrogen-bond donors (Lipinski definition) is 0. The van der Waals surface area contributed by atoms with Gasteiger partial charge < -0.3 is 47.4 Å². The van der Waals surface area contributed by atoms with Gasteiger partial charge in [-0.1, -0.05) is 206 Å². The van der Waals surface area contributed by atoms with Gasteiger partial charge >= 0.3 is 17.9 Å². The number of esters is 3. The lowest BCUT2D eigenvalue weighted by molar-refractivity contribution is -0.335. The molecule has 14 heteroatoms. The highest BCUT2D eigenvalue weighted by atomic mass is 32.2. The number of rotatable bonds is 24. The molecule has 8 aromatic rings. The summed E-state index contributed by atoms with van der Waals surface area (Å²) in [5, 5.41) is 0. The molecular formula is C67H62O13S. The number of hydrogen-bond acceptors (Lipinski definition) is 14. The average molecular weight is 1110 g/mol. The van der Waals surface area contributed by atoms with E-state index in [2.05, 4.69) is 0 Å². The van der Waals surface area contributed by atoms with Gasteiger partial charge in [0.15, 0.2) is 24.6 Å². The first-order valence-electron chi connectivity index (χ1n) is 26.9. The first-order valence-corrected chi connectivity index (χ1v) is 27.8. The number of benzene rings is 8. The maximum atomic E-state index is 14.5. The summed E-state index contributed by atoms with van der Waals surface area (Å²) in [6.45, 7) is 0.543. The van der Waals surface area contributed by atoms with Gasteiger partial charge in [0.05, 0.1) is 56.3 Å². The Bertz CT molecular complexity index is 3150. The van der Waals surface area contributed by atoms with E-state index in [0.717, 1.165) is 27.1 Å². The number of carbonyl (C=O) groups is 3. The summed E-state index contributed by atoms with van der Waals surface area (Å²) in [4.78, 5) is 44.0. The summed E-state index contributed by atoms with van der Waals surface area (Å²) in [5.74, 6) is -2.22. The van der Waals surface area contributed by atoms with Crippen LogP contribution in [0.2, 0.25) is 0 Å². The van der Waals surface area contributed by atoms with Crippen molar-refractivity contribution in [3.8, 4) is 0 Å². The van der Waals surface area contributed by atoms with E-state index in [9.17, 15) is 14.4 Å². The Morgan fingerprint density at radius 2 is 0.691 bits per heavy atom. The van der Waals surface area contributed by atoms with E-state index in [4.69, 9.17) is 47.4 Å². The normalized spacial score (nSPS) is 22.5. The lowest BCUT2D eigenvalue weighted by Gasteiger charge is -2.47. The van der Waals surface area contributed by atoms with E-state index in [1.54, 1.807) is 91.0 Å². The maximum Gasteiger partial charge on any atom is 0.338 e. The molecule has 13 nitrogen and oxygen atoms in total. The van der Waals surface area contributed by atoms with Gasteiger partial charge in [0.2, 0.25) is 0 Å². The predicted octanol–water partition coefficient (Wildman–Crippen LogP) is 11.9. The Morgan fingerprint density at radius 1 is 0.333 bits per heavy atom. The number of ether oxygens (including phenoxy) is 10. The molecule has 10 atom stereocenters. The van der Waals surface area contributed by atoms with Crippen molar-refractivity contribution in [2.45, 2.75) is 91.9 Å². The molecule has 2 aliphatic heterocycles. The molecule has 2 heterocycles. The third-order valence-electron chi connectivity index (χ3n) is 13.6. The van der Waals surface area contributed by atoms with Gasteiger partial charge in [0.1, 0.15) is 36.0 Å². The zero-order valence-corrected chi connectivity index (χ0v) is 45.1. The van der Waals surface area contributed by atoms with Gasteiger partial charge in [-0.3, -0.25) is 0 Å². The minimum Gasteiger partial charge on any atom is -0.452 e. The second-order valence-electron chi connectivity index (χ2n) is 19.3. The Labute approximate surface area is 475 Å². The standard InChI is InChI=1S/C67H62O13S/c68-63(51-33-17-5-18-34-51)78-58-56(77-67(81-54-39-23-8-24-40-54)62(80-65(70)53-37-21-7-22-38-53)60(58)79-64(69)52-35-19-6-20-36-52)46-75-66-61(74-44-50-31-15-4-16-32-50)59(73-43-49-29-13-3-14-30-49)57(72-42-48-27-11-2-12-28-48)55(76-66)45-71-41-47-25-9-1-10-26-47/h1-40,55-62,66-67H,41-46H2/t55-,56-,57+,58+,59+,60+,61-,62-,66+,67+/m1/s1. The zero-order valence-electron chi connectivity index (χ0n) is 44.3. The molecule has 0 N–H and O–H groups in total. The van der Waals surface area contributed by atoms with Crippen molar-refractivity contribution in [2.24, 2.45) is 0 Å². The highest BCUT2D eigenvalue weighted by Gasteiger charge is 2.55. The van der Waals surface area contributed by atoms with Crippen LogP contribution in [0.3, 0.4) is 0 Å². The van der Waals surface area contributed by atoms with Crippen LogP contribution in [0, 0.1) is 0 Å². The third kappa shape index (κ3) is 15.8. The second kappa shape index (κ2) is 29.1. The van der Waals surface area contributed by atoms with Gasteiger partial charge in [0, 0.05) is 4.90 Å². The molecule has 0 spiro atoms. The Morgan fingerprint density at radius 3 is 1.15 bits per heavy atom. The highest BCUT2D eigenvalue weighted by Crippen LogP contribution is 2.40. The molecule has 0 saturated carbocycles. The minimum atomic E-state index is -1.48. The maximum absolute atomic E-state index is 14.5. The van der Waals surface area contributed by atoms with Crippen LogP contribution in [-0.2, 0) is 73.8 Å². The van der Waals surface area contributed by atoms with E-state index in [1.165, 1.54) is 11.8 Å². The first-order chi connectivity index (χ1) is 39.9. The van der Waals surface area contributed by atoms with Crippen LogP contribution in [0.15, 0.2) is 248 Å². The van der Waals surface area contributed by atoms with Crippen LogP contribution >= 0.6 is 11.8 Å². The molecule has 2 saturated heterocycles. The van der Waals surface area contributed by atoms with E-state index >= 15 is 0 Å². The van der Waals surface area contributed by atoms with Crippen LogP contribution < -0.4 is 0 Å². The summed E-state index contributed by atoms with van der Waals surface area (Å²) in [7, 11) is 0. The molecule has 10 rings (SSSR count). The monoisotopic (exact) mass is 1110 g/mol. The molecular weight excluding hydrogens is 1040 g/mol. The molecule has 81 heavy (non-hydrogen) atoms. The molecule has 0 bridgehead atoms. The van der Waals surface area contributed by atoms with Crippen LogP contribution in [0.5, 0.6) is 0 Å². The largest absolute Gasteiger partial charge is 0.452 e. The molecule has 0 aromatic heterocycles. The van der Waals surface area contributed by atoms with Gasteiger partial charge in [-0.05, 0) is 70.8 Å². The predicted molar refractivity (Wildman–Crippen MR) is 304 cm³/mol. The van der Waals surface area contributed by atoms with Crippen LogP contribution in [0.4, 0.5) is 0 Å². The van der Waals surface area contributed by atoms with Crippen LogP contribution in [-0.4, -0.2) is 91.7 Å². The van der Waals surface area contributed by atoms with Crippen molar-refractivity contribution >= 4 is 29.7 Å². The fourth-order valence-electron chi connectivity index (χ4n) is 9.51. The van der Waals surface area contributed by atoms with Crippen molar-refractivity contribution in [3.63, 3.8) is 0 Å². The van der Waals surface area contributed by atoms with E-state index in [1.807, 2.05) is 152 Å². The topological polar surface area (TPSA) is 144 Å². The minimum absolute atomic E-state index is 0.0593. The van der Waals surface area contributed by atoms with Crippen molar-refractivity contribution in [2.75, 3.05) is 13.2 Å². The van der Waals surface area contributed by atoms with Gasteiger partial charge in [0.25, 0.3) is 0 Å². The number of carbonyl (C=O) groups excluding carboxylic acids is 3. The Hall–Kier alpha value is -7.76. The Balaban J connectivity index is 1.04. The van der Waals surface area contributed by atoms with Crippen molar-refractivity contribution < 1.29 is 61.8 Å². The summed E-state index contributed by atoms with van der Waals surface area (Å²) in [6.07, 6.45) is -10.1. The molecule has 0 amide bonds. The van der Waals surface area contributed by atoms with Crippen molar-refractivity contribution in [1.29, 1.82) is 0 Å². The highest BCUT2D eigenvalue weighted by molar-refractivity contribution is 7.99. The molecule has 0 radical (unpaired) electrons. The van der Waals surface area contributed by atoms with E-state index in [-0.39, 0.29) is 56.3 Å². The zero-order chi connectivity index (χ0) is 55.4. The lowest BCUT2D eigenvalue weighted by Crippen LogP contribution is -2.64. The summed E-state index contributed by atoms with van der Waals surface area (Å²) >= 11 is 1.25. The van der Waals surface area contributed by atoms with Crippen LogP contribution in [0.25, 0.3) is 0 Å². The third-order valence-corrected chi connectivity index (χ3v) is 14.8. The molecule has 8 aromatic carbocycles. The van der Waals surface area contributed by atoms with E-state index in [0.29, 0.717) is 0 Å². The average Bonchev–Trinajstić information content (AvgIpc) is 3.55. The number of thioether (sulfide) groups is 1. The Kier molecular flexibility index (Phi) is 20.3. The fourth-order valence-corrected chi connectivity index (χ4v) is 10.6. The van der Waals surface area contributed by atoms with E-state index < -0.39 is 78.5 Å². The first kappa shape index (κ1) is 56.5. The quantitative estimate of drug-likeness (QED) is 0.0418. The van der Waals surface area contributed by atoms with Crippen molar-refractivity contribution in [3.05, 3.63) is 282 Å². The van der Waals surface area contributed by atoms with Crippen LogP contribution in [0.1, 0.15) is 53.3 Å². The summed E-state index contributed by atoms with van der Waals surface area (Å²) in [5.41, 5.74) is 3.30. The fraction of sp³-hybridized carbons (Fsp3) is 0.239. The molecule has 0 unspecified atom stereocenters. The molecule has 2 fully saturated rings.